The summed E-state index contributed by atoms with van der Waals surface area (Å²) in [5.41, 5.74) is 1.37. The minimum atomic E-state index is 0.263. The molecule has 0 amide bonds. The fraction of sp³-hybridized carbons (Fsp3) is 0.600. The van der Waals surface area contributed by atoms with Crippen LogP contribution in [0.25, 0.3) is 0 Å². The zero-order valence-electron chi connectivity index (χ0n) is 12.4. The second-order valence-corrected chi connectivity index (χ2v) is 5.74. The topological polar surface area (TPSA) is 47.1 Å². The average Bonchev–Trinajstić information content (AvgIpc) is 3.07. The molecule has 20 heavy (non-hydrogen) atoms. The summed E-state index contributed by atoms with van der Waals surface area (Å²) in [5, 5.41) is 4.27. The molecule has 1 atom stereocenters. The Hall–Kier alpha value is -1.62. The first-order chi connectivity index (χ1) is 9.63. The molecule has 2 aromatic heterocycles. The van der Waals surface area contributed by atoms with E-state index in [4.69, 9.17) is 4.42 Å². The number of hydrogen-bond donors (Lipinski definition) is 0. The Kier molecular flexibility index (Phi) is 3.61. The Bertz CT molecular complexity index is 566. The van der Waals surface area contributed by atoms with Gasteiger partial charge in [0.1, 0.15) is 5.76 Å². The summed E-state index contributed by atoms with van der Waals surface area (Å²) in [4.78, 5) is 6.81. The van der Waals surface area contributed by atoms with Crippen LogP contribution in [0.4, 0.5) is 0 Å². The summed E-state index contributed by atoms with van der Waals surface area (Å²) >= 11 is 0. The van der Waals surface area contributed by atoms with E-state index in [1.165, 1.54) is 18.4 Å². The molecule has 1 unspecified atom stereocenters. The van der Waals surface area contributed by atoms with Crippen LogP contribution >= 0.6 is 0 Å². The molecule has 0 aromatic carbocycles. The zero-order chi connectivity index (χ0) is 14.1. The molecule has 0 spiro atoms. The maximum atomic E-state index is 5.65. The van der Waals surface area contributed by atoms with E-state index >= 15 is 0 Å². The third-order valence-electron chi connectivity index (χ3n) is 4.27. The van der Waals surface area contributed by atoms with Crippen molar-refractivity contribution in [3.8, 4) is 0 Å². The Morgan fingerprint density at radius 2 is 2.05 bits per heavy atom. The van der Waals surface area contributed by atoms with E-state index in [9.17, 15) is 0 Å². The van der Waals surface area contributed by atoms with Crippen LogP contribution < -0.4 is 0 Å². The normalized spacial score (nSPS) is 19.4. The van der Waals surface area contributed by atoms with E-state index in [1.807, 2.05) is 24.9 Å². The van der Waals surface area contributed by atoms with Crippen LogP contribution in [0.2, 0.25) is 0 Å². The largest absolute Gasteiger partial charge is 0.444 e. The van der Waals surface area contributed by atoms with Crippen molar-refractivity contribution in [2.45, 2.75) is 38.6 Å². The maximum absolute atomic E-state index is 5.65. The van der Waals surface area contributed by atoms with Gasteiger partial charge < -0.3 is 4.42 Å². The van der Waals surface area contributed by atoms with Crippen LogP contribution in [0.1, 0.15) is 48.9 Å². The van der Waals surface area contributed by atoms with E-state index < -0.39 is 0 Å². The van der Waals surface area contributed by atoms with Gasteiger partial charge in [0.2, 0.25) is 5.89 Å². The number of oxazole rings is 1. The molecular weight excluding hydrogens is 252 g/mol. The fourth-order valence-corrected chi connectivity index (χ4v) is 2.99. The standard InChI is InChI=1S/C15H22N4O/c1-11-8-16-15(20-11)12(2)19-6-4-13(5-7-19)14-9-17-18(3)10-14/h8-10,12-13H,4-7H2,1-3H3. The Balaban J connectivity index is 1.61. The number of likely N-dealkylation sites (tertiary alicyclic amines) is 1. The molecule has 0 aliphatic carbocycles. The molecule has 0 bridgehead atoms. The van der Waals surface area contributed by atoms with Crippen molar-refractivity contribution in [2.75, 3.05) is 13.1 Å². The van der Waals surface area contributed by atoms with Gasteiger partial charge in [0.15, 0.2) is 0 Å². The van der Waals surface area contributed by atoms with E-state index in [-0.39, 0.29) is 6.04 Å². The van der Waals surface area contributed by atoms with Gasteiger partial charge in [0, 0.05) is 13.2 Å². The zero-order valence-corrected chi connectivity index (χ0v) is 12.4. The van der Waals surface area contributed by atoms with Crippen LogP contribution in [0.5, 0.6) is 0 Å². The molecule has 3 rings (SSSR count). The Labute approximate surface area is 119 Å². The van der Waals surface area contributed by atoms with Crippen LogP contribution in [0.3, 0.4) is 0 Å². The third kappa shape index (κ3) is 2.63. The smallest absolute Gasteiger partial charge is 0.211 e. The predicted octanol–water partition coefficient (Wildman–Crippen LogP) is 2.66. The quantitative estimate of drug-likeness (QED) is 0.863. The van der Waals surface area contributed by atoms with Gasteiger partial charge in [-0.1, -0.05) is 0 Å². The number of aromatic nitrogens is 3. The highest BCUT2D eigenvalue weighted by Gasteiger charge is 2.27. The highest BCUT2D eigenvalue weighted by atomic mass is 16.4. The molecule has 5 nitrogen and oxygen atoms in total. The van der Waals surface area contributed by atoms with E-state index in [0.29, 0.717) is 5.92 Å². The lowest BCUT2D eigenvalue weighted by Gasteiger charge is -2.34. The highest BCUT2D eigenvalue weighted by Crippen LogP contribution is 2.31. The number of piperidine rings is 1. The second-order valence-electron chi connectivity index (χ2n) is 5.74. The van der Waals surface area contributed by atoms with Gasteiger partial charge in [0.25, 0.3) is 0 Å². The summed E-state index contributed by atoms with van der Waals surface area (Å²) in [6.07, 6.45) is 8.29. The van der Waals surface area contributed by atoms with Crippen molar-refractivity contribution in [1.82, 2.24) is 19.7 Å². The second kappa shape index (κ2) is 5.40. The molecule has 1 saturated heterocycles. The number of rotatable bonds is 3. The molecular formula is C15H22N4O. The highest BCUT2D eigenvalue weighted by molar-refractivity contribution is 5.12. The van der Waals surface area contributed by atoms with Crippen molar-refractivity contribution in [2.24, 2.45) is 7.05 Å². The molecule has 1 aliphatic rings. The van der Waals surface area contributed by atoms with Crippen molar-refractivity contribution in [3.05, 3.63) is 35.8 Å². The number of nitrogens with zero attached hydrogens (tertiary/aromatic N) is 4. The van der Waals surface area contributed by atoms with Gasteiger partial charge in [-0.3, -0.25) is 9.58 Å². The molecule has 5 heteroatoms. The lowest BCUT2D eigenvalue weighted by molar-refractivity contribution is 0.142. The van der Waals surface area contributed by atoms with Gasteiger partial charge in [-0.2, -0.15) is 5.10 Å². The minimum Gasteiger partial charge on any atom is -0.444 e. The number of hydrogen-bond acceptors (Lipinski definition) is 4. The van der Waals surface area contributed by atoms with Gasteiger partial charge in [-0.25, -0.2) is 4.98 Å². The SMILES string of the molecule is Cc1cnc(C(C)N2CCC(c3cnn(C)c3)CC2)o1. The van der Waals surface area contributed by atoms with E-state index in [1.54, 1.807) is 6.20 Å². The molecule has 0 saturated carbocycles. The van der Waals surface area contributed by atoms with Gasteiger partial charge in [0.05, 0.1) is 18.4 Å². The Morgan fingerprint density at radius 1 is 1.30 bits per heavy atom. The van der Waals surface area contributed by atoms with Crippen LogP contribution in [-0.4, -0.2) is 32.8 Å². The summed E-state index contributed by atoms with van der Waals surface area (Å²) in [6, 6.07) is 0.263. The molecule has 0 radical (unpaired) electrons. The Morgan fingerprint density at radius 3 is 2.60 bits per heavy atom. The fourth-order valence-electron chi connectivity index (χ4n) is 2.99. The molecule has 1 aliphatic heterocycles. The first kappa shape index (κ1) is 13.4. The summed E-state index contributed by atoms with van der Waals surface area (Å²) in [5.74, 6) is 2.36. The van der Waals surface area contributed by atoms with Crippen molar-refractivity contribution in [1.29, 1.82) is 0 Å². The van der Waals surface area contributed by atoms with Crippen molar-refractivity contribution in [3.63, 3.8) is 0 Å². The van der Waals surface area contributed by atoms with E-state index in [2.05, 4.69) is 28.1 Å². The molecule has 1 fully saturated rings. The van der Waals surface area contributed by atoms with Crippen molar-refractivity contribution >= 4 is 0 Å². The van der Waals surface area contributed by atoms with E-state index in [0.717, 1.165) is 24.7 Å². The average molecular weight is 274 g/mol. The minimum absolute atomic E-state index is 0.263. The number of aryl methyl sites for hydroxylation is 2. The van der Waals surface area contributed by atoms with Crippen molar-refractivity contribution < 1.29 is 4.42 Å². The van der Waals surface area contributed by atoms with Crippen LogP contribution in [-0.2, 0) is 7.05 Å². The molecule has 0 N–H and O–H groups in total. The van der Waals surface area contributed by atoms with Crippen LogP contribution in [0, 0.1) is 6.92 Å². The first-order valence-corrected chi connectivity index (χ1v) is 7.28. The predicted molar refractivity (Wildman–Crippen MR) is 76.4 cm³/mol. The van der Waals surface area contributed by atoms with Crippen LogP contribution in [0.15, 0.2) is 23.0 Å². The lowest BCUT2D eigenvalue weighted by Crippen LogP contribution is -2.35. The molecule has 3 heterocycles. The maximum Gasteiger partial charge on any atom is 0.211 e. The third-order valence-corrected chi connectivity index (χ3v) is 4.27. The summed E-state index contributed by atoms with van der Waals surface area (Å²) in [6.45, 7) is 6.29. The molecule has 108 valence electrons. The monoisotopic (exact) mass is 274 g/mol. The van der Waals surface area contributed by atoms with Gasteiger partial charge >= 0.3 is 0 Å². The lowest BCUT2D eigenvalue weighted by atomic mass is 9.91. The summed E-state index contributed by atoms with van der Waals surface area (Å²) in [7, 11) is 1.98. The first-order valence-electron chi connectivity index (χ1n) is 7.28. The van der Waals surface area contributed by atoms with Gasteiger partial charge in [-0.15, -0.1) is 0 Å². The van der Waals surface area contributed by atoms with Gasteiger partial charge in [-0.05, 0) is 51.3 Å². The summed E-state index contributed by atoms with van der Waals surface area (Å²) < 4.78 is 7.54. The molecule has 2 aromatic rings.